The summed E-state index contributed by atoms with van der Waals surface area (Å²) in [7, 11) is 0. The highest BCUT2D eigenvalue weighted by Crippen LogP contribution is 2.30. The van der Waals surface area contributed by atoms with Gasteiger partial charge in [-0.1, -0.05) is 43.7 Å². The minimum absolute atomic E-state index is 0.101. The number of nitrogens with one attached hydrogen (secondary N) is 3. The van der Waals surface area contributed by atoms with Gasteiger partial charge in [0.2, 0.25) is 5.91 Å². The van der Waals surface area contributed by atoms with Crippen LogP contribution in [0.2, 0.25) is 0 Å². The van der Waals surface area contributed by atoms with Gasteiger partial charge in [-0.15, -0.1) is 0 Å². The Morgan fingerprint density at radius 2 is 1.81 bits per heavy atom. The van der Waals surface area contributed by atoms with Gasteiger partial charge in [0, 0.05) is 18.5 Å². The third-order valence-electron chi connectivity index (χ3n) is 7.00. The van der Waals surface area contributed by atoms with Crippen LogP contribution in [-0.2, 0) is 25.8 Å². The summed E-state index contributed by atoms with van der Waals surface area (Å²) in [6, 6.07) is 8.34. The maximum Gasteiger partial charge on any atom is 0.407 e. The van der Waals surface area contributed by atoms with Crippen molar-refractivity contribution in [1.82, 2.24) is 26.1 Å². The summed E-state index contributed by atoms with van der Waals surface area (Å²) in [5, 5.41) is 4.17. The molecule has 3 N–H and O–H groups in total. The van der Waals surface area contributed by atoms with Gasteiger partial charge in [0.1, 0.15) is 12.6 Å². The number of carbonyl (C=O) groups excluding carboxylic acids is 4. The Hall–Kier alpha value is -3.34. The number of hydroxylamine groups is 2. The Bertz CT molecular complexity index is 944. The first-order valence-electron chi connectivity index (χ1n) is 12.8. The molecule has 2 aliphatic heterocycles. The second-order valence-electron chi connectivity index (χ2n) is 9.59. The zero-order chi connectivity index (χ0) is 25.5. The molecule has 2 saturated heterocycles. The van der Waals surface area contributed by atoms with Gasteiger partial charge in [0.05, 0.1) is 12.6 Å². The quantitative estimate of drug-likeness (QED) is 0.352. The summed E-state index contributed by atoms with van der Waals surface area (Å²) in [4.78, 5) is 57.4. The van der Waals surface area contributed by atoms with Crippen molar-refractivity contribution in [1.29, 1.82) is 0 Å². The van der Waals surface area contributed by atoms with Crippen molar-refractivity contribution < 1.29 is 28.8 Å². The van der Waals surface area contributed by atoms with Crippen molar-refractivity contribution >= 4 is 23.9 Å². The highest BCUT2D eigenvalue weighted by Gasteiger charge is 2.48. The smallest absolute Gasteiger partial charge is 0.407 e. The number of hydrazine groups is 1. The molecule has 0 radical (unpaired) electrons. The average Bonchev–Trinajstić information content (AvgIpc) is 3.44. The van der Waals surface area contributed by atoms with Crippen LogP contribution in [0.4, 0.5) is 9.59 Å². The van der Waals surface area contributed by atoms with Crippen LogP contribution < -0.4 is 16.2 Å². The highest BCUT2D eigenvalue weighted by molar-refractivity contribution is 5.90. The first-order chi connectivity index (χ1) is 17.5. The number of carbonyl (C=O) groups is 4. The number of rotatable bonds is 9. The summed E-state index contributed by atoms with van der Waals surface area (Å²) in [6.45, 7) is 3.08. The number of ether oxygens (including phenoxy) is 1. The number of fused-ring (bicyclic) bond motifs is 2. The van der Waals surface area contributed by atoms with E-state index in [4.69, 9.17) is 9.57 Å². The van der Waals surface area contributed by atoms with Crippen molar-refractivity contribution in [3.05, 3.63) is 35.9 Å². The molecule has 196 valence electrons. The Morgan fingerprint density at radius 3 is 2.58 bits per heavy atom. The summed E-state index contributed by atoms with van der Waals surface area (Å²) in [5.74, 6) is -1.05. The van der Waals surface area contributed by atoms with Crippen molar-refractivity contribution in [3.63, 3.8) is 0 Å². The van der Waals surface area contributed by atoms with Crippen LogP contribution in [-0.4, -0.2) is 65.2 Å². The Balaban J connectivity index is 1.20. The van der Waals surface area contributed by atoms with Gasteiger partial charge in [-0.25, -0.2) is 9.59 Å². The summed E-state index contributed by atoms with van der Waals surface area (Å²) in [5.41, 5.74) is 5.95. The molecule has 5 amide bonds. The van der Waals surface area contributed by atoms with Crippen molar-refractivity contribution in [2.45, 2.75) is 76.6 Å². The Labute approximate surface area is 210 Å². The second kappa shape index (κ2) is 12.1. The van der Waals surface area contributed by atoms with E-state index in [-0.39, 0.29) is 36.5 Å². The lowest BCUT2D eigenvalue weighted by molar-refractivity contribution is -0.140. The van der Waals surface area contributed by atoms with Crippen LogP contribution in [0.1, 0.15) is 57.4 Å². The van der Waals surface area contributed by atoms with Crippen molar-refractivity contribution in [3.8, 4) is 0 Å². The summed E-state index contributed by atoms with van der Waals surface area (Å²) < 4.78 is 5.11. The number of benzene rings is 1. The van der Waals surface area contributed by atoms with Gasteiger partial charge in [-0.3, -0.25) is 25.3 Å². The van der Waals surface area contributed by atoms with E-state index in [0.29, 0.717) is 45.3 Å². The molecule has 36 heavy (non-hydrogen) atoms. The largest absolute Gasteiger partial charge is 0.450 e. The van der Waals surface area contributed by atoms with E-state index in [1.165, 1.54) is 9.96 Å². The fourth-order valence-electron chi connectivity index (χ4n) is 4.97. The van der Waals surface area contributed by atoms with Crippen LogP contribution in [0.5, 0.6) is 0 Å². The molecule has 4 rings (SSSR count). The topological polar surface area (TPSA) is 129 Å². The van der Waals surface area contributed by atoms with Gasteiger partial charge in [-0.2, -0.15) is 5.06 Å². The minimum atomic E-state index is -0.671. The van der Waals surface area contributed by atoms with E-state index in [1.807, 2.05) is 37.3 Å². The van der Waals surface area contributed by atoms with Gasteiger partial charge in [0.15, 0.2) is 0 Å². The van der Waals surface area contributed by atoms with Crippen LogP contribution in [0, 0.1) is 5.92 Å². The van der Waals surface area contributed by atoms with Crippen LogP contribution in [0.25, 0.3) is 0 Å². The van der Waals surface area contributed by atoms with E-state index in [2.05, 4.69) is 16.2 Å². The minimum Gasteiger partial charge on any atom is -0.450 e. The van der Waals surface area contributed by atoms with Gasteiger partial charge >= 0.3 is 12.1 Å². The maximum atomic E-state index is 12.9. The fraction of sp³-hybridized carbons (Fsp3) is 0.600. The zero-order valence-electron chi connectivity index (χ0n) is 20.6. The molecule has 2 heterocycles. The lowest BCUT2D eigenvalue weighted by Gasteiger charge is -2.29. The molecule has 1 aliphatic carbocycles. The van der Waals surface area contributed by atoms with Crippen LogP contribution in [0.3, 0.4) is 0 Å². The number of hydrogen-bond donors (Lipinski definition) is 3. The number of urea groups is 1. The van der Waals surface area contributed by atoms with Crippen molar-refractivity contribution in [2.24, 2.45) is 5.92 Å². The number of piperidine rings is 1. The van der Waals surface area contributed by atoms with Gasteiger partial charge < -0.3 is 15.0 Å². The average molecular weight is 502 g/mol. The molecule has 2 bridgehead atoms. The molecule has 11 nitrogen and oxygen atoms in total. The summed E-state index contributed by atoms with van der Waals surface area (Å²) in [6.07, 6.45) is 4.16. The fourth-order valence-corrected chi connectivity index (χ4v) is 4.97. The van der Waals surface area contributed by atoms with Crippen LogP contribution >= 0.6 is 0 Å². The molecule has 1 aromatic rings. The Kier molecular flexibility index (Phi) is 8.63. The number of hydrogen-bond acceptors (Lipinski definition) is 6. The summed E-state index contributed by atoms with van der Waals surface area (Å²) >= 11 is 0. The number of nitrogens with zero attached hydrogens (tertiary/aromatic N) is 2. The normalized spacial score (nSPS) is 25.0. The predicted octanol–water partition coefficient (Wildman–Crippen LogP) is 2.23. The first kappa shape index (κ1) is 25.7. The molecule has 0 aromatic heterocycles. The second-order valence-corrected chi connectivity index (χ2v) is 9.59. The zero-order valence-corrected chi connectivity index (χ0v) is 20.6. The third kappa shape index (κ3) is 6.26. The standard InChI is InChI=1S/C25H35N5O6/c1-2-3-13-35-24(33)26-19-10-9-18(14-19)22(31)27-28-23(32)21-12-11-20-15-29(21)25(34)30(20)36-16-17-7-5-4-6-8-17/h4-8,18-21H,2-3,9-16H2,1H3,(H,26,33)(H,27,31)(H,28,32)/t18-,19+,20+,21-/m0/s1. The van der Waals surface area contributed by atoms with E-state index in [9.17, 15) is 19.2 Å². The molecule has 3 aliphatic rings. The Morgan fingerprint density at radius 1 is 1.03 bits per heavy atom. The molecule has 1 aromatic carbocycles. The molecule has 11 heteroatoms. The molecular weight excluding hydrogens is 466 g/mol. The third-order valence-corrected chi connectivity index (χ3v) is 7.00. The highest BCUT2D eigenvalue weighted by atomic mass is 16.7. The SMILES string of the molecule is CCCCOC(=O)N[C@@H]1CC[C@H](C(=O)NNC(=O)[C@@H]2CC[C@@H]3CN2C(=O)N3OCc2ccccc2)C1. The number of alkyl carbamates (subject to hydrolysis) is 1. The maximum absolute atomic E-state index is 12.9. The molecule has 1 saturated carbocycles. The predicted molar refractivity (Wildman–Crippen MR) is 129 cm³/mol. The van der Waals surface area contributed by atoms with Crippen LogP contribution in [0.15, 0.2) is 30.3 Å². The first-order valence-corrected chi connectivity index (χ1v) is 12.8. The van der Waals surface area contributed by atoms with E-state index in [0.717, 1.165) is 18.4 Å². The van der Waals surface area contributed by atoms with E-state index in [1.54, 1.807) is 0 Å². The number of unbranched alkanes of at least 4 members (excludes halogenated alkanes) is 1. The monoisotopic (exact) mass is 501 g/mol. The van der Waals surface area contributed by atoms with Gasteiger partial charge in [0.25, 0.3) is 5.91 Å². The molecule has 0 spiro atoms. The molecule has 3 fully saturated rings. The van der Waals surface area contributed by atoms with Crippen molar-refractivity contribution in [2.75, 3.05) is 13.2 Å². The lowest BCUT2D eigenvalue weighted by Crippen LogP contribution is -2.54. The van der Waals surface area contributed by atoms with E-state index < -0.39 is 18.0 Å². The molecule has 0 unspecified atom stereocenters. The molecule has 4 atom stereocenters. The lowest BCUT2D eigenvalue weighted by atomic mass is 10.0. The number of amides is 5. The van der Waals surface area contributed by atoms with E-state index >= 15 is 0 Å². The molecular formula is C25H35N5O6. The van der Waals surface area contributed by atoms with Gasteiger partial charge in [-0.05, 0) is 44.1 Å².